The number of ether oxygens (including phenoxy) is 1. The SMILES string of the molecule is CCC(N)C(Oc1cccc(C)c1)c1cnn(C)c1. The van der Waals surface area contributed by atoms with E-state index in [1.54, 1.807) is 4.68 Å². The Labute approximate surface area is 114 Å². The van der Waals surface area contributed by atoms with Crippen LogP contribution < -0.4 is 10.5 Å². The molecule has 2 rings (SSSR count). The zero-order valence-electron chi connectivity index (χ0n) is 11.7. The van der Waals surface area contributed by atoms with Crippen LogP contribution in [-0.2, 0) is 7.05 Å². The average molecular weight is 259 g/mol. The first-order valence-corrected chi connectivity index (χ1v) is 6.57. The summed E-state index contributed by atoms with van der Waals surface area (Å²) in [6.07, 6.45) is 4.46. The van der Waals surface area contributed by atoms with E-state index in [9.17, 15) is 0 Å². The number of nitrogens with two attached hydrogens (primary N) is 1. The molecule has 2 atom stereocenters. The van der Waals surface area contributed by atoms with Crippen molar-refractivity contribution in [3.8, 4) is 5.75 Å². The summed E-state index contributed by atoms with van der Waals surface area (Å²) in [5.41, 5.74) is 8.37. The zero-order valence-corrected chi connectivity index (χ0v) is 11.7. The third-order valence-corrected chi connectivity index (χ3v) is 3.17. The van der Waals surface area contributed by atoms with Crippen molar-refractivity contribution < 1.29 is 4.74 Å². The maximum atomic E-state index is 6.18. The van der Waals surface area contributed by atoms with Gasteiger partial charge in [-0.2, -0.15) is 5.10 Å². The molecular weight excluding hydrogens is 238 g/mol. The monoisotopic (exact) mass is 259 g/mol. The van der Waals surface area contributed by atoms with Gasteiger partial charge in [0.1, 0.15) is 11.9 Å². The van der Waals surface area contributed by atoms with E-state index < -0.39 is 0 Å². The summed E-state index contributed by atoms with van der Waals surface area (Å²) in [6, 6.07) is 7.96. The summed E-state index contributed by atoms with van der Waals surface area (Å²) in [7, 11) is 1.89. The molecule has 0 aliphatic heterocycles. The van der Waals surface area contributed by atoms with E-state index in [0.717, 1.165) is 17.7 Å². The molecule has 102 valence electrons. The minimum atomic E-state index is -0.166. The van der Waals surface area contributed by atoms with Gasteiger partial charge in [0.2, 0.25) is 0 Å². The van der Waals surface area contributed by atoms with Crippen molar-refractivity contribution in [1.29, 1.82) is 0 Å². The van der Waals surface area contributed by atoms with Crippen LogP contribution in [0.2, 0.25) is 0 Å². The van der Waals surface area contributed by atoms with Crippen molar-refractivity contribution >= 4 is 0 Å². The molecule has 1 aromatic heterocycles. The molecule has 0 fully saturated rings. The summed E-state index contributed by atoms with van der Waals surface area (Å²) >= 11 is 0. The molecule has 0 amide bonds. The second-order valence-electron chi connectivity index (χ2n) is 4.87. The third-order valence-electron chi connectivity index (χ3n) is 3.17. The van der Waals surface area contributed by atoms with Gasteiger partial charge in [0.25, 0.3) is 0 Å². The van der Waals surface area contributed by atoms with Crippen LogP contribution in [-0.4, -0.2) is 15.8 Å². The topological polar surface area (TPSA) is 53.1 Å². The fraction of sp³-hybridized carbons (Fsp3) is 0.400. The summed E-state index contributed by atoms with van der Waals surface area (Å²) in [5, 5.41) is 4.19. The largest absolute Gasteiger partial charge is 0.484 e. The number of rotatable bonds is 5. The zero-order chi connectivity index (χ0) is 13.8. The molecule has 0 bridgehead atoms. The summed E-state index contributed by atoms with van der Waals surface area (Å²) in [6.45, 7) is 4.11. The second-order valence-corrected chi connectivity index (χ2v) is 4.87. The highest BCUT2D eigenvalue weighted by atomic mass is 16.5. The Morgan fingerprint density at radius 3 is 2.79 bits per heavy atom. The van der Waals surface area contributed by atoms with E-state index in [0.29, 0.717) is 0 Å². The first-order chi connectivity index (χ1) is 9.10. The molecule has 4 heteroatoms. The highest BCUT2D eigenvalue weighted by molar-refractivity contribution is 5.28. The normalized spacial score (nSPS) is 14.1. The van der Waals surface area contributed by atoms with Gasteiger partial charge >= 0.3 is 0 Å². The number of hydrogen-bond donors (Lipinski definition) is 1. The maximum Gasteiger partial charge on any atom is 0.142 e. The van der Waals surface area contributed by atoms with Crippen molar-refractivity contribution in [2.24, 2.45) is 12.8 Å². The van der Waals surface area contributed by atoms with Crippen LogP contribution in [0.5, 0.6) is 5.75 Å². The number of benzene rings is 1. The lowest BCUT2D eigenvalue weighted by Crippen LogP contribution is -2.31. The van der Waals surface area contributed by atoms with Gasteiger partial charge in [-0.25, -0.2) is 0 Å². The lowest BCUT2D eigenvalue weighted by Gasteiger charge is -2.23. The summed E-state index contributed by atoms with van der Waals surface area (Å²) < 4.78 is 7.84. The Morgan fingerprint density at radius 2 is 2.21 bits per heavy atom. The van der Waals surface area contributed by atoms with E-state index in [1.807, 2.05) is 50.6 Å². The van der Waals surface area contributed by atoms with Crippen LogP contribution in [0.4, 0.5) is 0 Å². The lowest BCUT2D eigenvalue weighted by molar-refractivity contribution is 0.171. The Morgan fingerprint density at radius 1 is 1.42 bits per heavy atom. The van der Waals surface area contributed by atoms with E-state index in [4.69, 9.17) is 10.5 Å². The molecule has 2 N–H and O–H groups in total. The van der Waals surface area contributed by atoms with Gasteiger partial charge in [-0.15, -0.1) is 0 Å². The van der Waals surface area contributed by atoms with Crippen molar-refractivity contribution in [3.63, 3.8) is 0 Å². The highest BCUT2D eigenvalue weighted by Gasteiger charge is 2.22. The molecule has 0 spiro atoms. The molecule has 19 heavy (non-hydrogen) atoms. The minimum Gasteiger partial charge on any atom is -0.484 e. The van der Waals surface area contributed by atoms with Gasteiger partial charge in [-0.05, 0) is 31.0 Å². The van der Waals surface area contributed by atoms with E-state index >= 15 is 0 Å². The van der Waals surface area contributed by atoms with E-state index in [2.05, 4.69) is 12.0 Å². The molecule has 1 aromatic carbocycles. The van der Waals surface area contributed by atoms with Crippen molar-refractivity contribution in [1.82, 2.24) is 9.78 Å². The number of nitrogens with zero attached hydrogens (tertiary/aromatic N) is 2. The highest BCUT2D eigenvalue weighted by Crippen LogP contribution is 2.25. The van der Waals surface area contributed by atoms with Gasteiger partial charge in [0.15, 0.2) is 0 Å². The van der Waals surface area contributed by atoms with Crippen molar-refractivity contribution in [2.75, 3.05) is 0 Å². The lowest BCUT2D eigenvalue weighted by atomic mass is 10.0. The molecular formula is C15H21N3O. The predicted octanol–water partition coefficient (Wildman–Crippen LogP) is 2.59. The molecule has 0 aliphatic carbocycles. The molecule has 2 aromatic rings. The van der Waals surface area contributed by atoms with Crippen LogP contribution in [0, 0.1) is 6.92 Å². The Balaban J connectivity index is 2.24. The number of hydrogen-bond acceptors (Lipinski definition) is 3. The third kappa shape index (κ3) is 3.35. The molecule has 4 nitrogen and oxygen atoms in total. The molecule has 0 saturated heterocycles. The maximum absolute atomic E-state index is 6.18. The minimum absolute atomic E-state index is 0.0512. The molecule has 2 unspecified atom stereocenters. The fourth-order valence-corrected chi connectivity index (χ4v) is 2.04. The first kappa shape index (κ1) is 13.6. The molecule has 1 heterocycles. The molecule has 0 saturated carbocycles. The fourth-order valence-electron chi connectivity index (χ4n) is 2.04. The first-order valence-electron chi connectivity index (χ1n) is 6.57. The predicted molar refractivity (Wildman–Crippen MR) is 76.0 cm³/mol. The Kier molecular flexibility index (Phi) is 4.22. The van der Waals surface area contributed by atoms with Crippen molar-refractivity contribution in [2.45, 2.75) is 32.4 Å². The van der Waals surface area contributed by atoms with Gasteiger partial charge < -0.3 is 10.5 Å². The van der Waals surface area contributed by atoms with Gasteiger partial charge in [-0.3, -0.25) is 4.68 Å². The molecule has 0 radical (unpaired) electrons. The van der Waals surface area contributed by atoms with Gasteiger partial charge in [-0.1, -0.05) is 19.1 Å². The standard InChI is InChI=1S/C15H21N3O/c1-4-14(16)15(12-9-17-18(3)10-12)19-13-7-5-6-11(2)8-13/h5-10,14-15H,4,16H2,1-3H3. The van der Waals surface area contributed by atoms with Gasteiger partial charge in [0.05, 0.1) is 6.20 Å². The summed E-state index contributed by atoms with van der Waals surface area (Å²) in [4.78, 5) is 0. The van der Waals surface area contributed by atoms with Crippen LogP contribution in [0.3, 0.4) is 0 Å². The van der Waals surface area contributed by atoms with Crippen molar-refractivity contribution in [3.05, 3.63) is 47.8 Å². The van der Waals surface area contributed by atoms with E-state index in [-0.39, 0.29) is 12.1 Å². The smallest absolute Gasteiger partial charge is 0.142 e. The van der Waals surface area contributed by atoms with Crippen LogP contribution in [0.1, 0.15) is 30.6 Å². The van der Waals surface area contributed by atoms with Crippen LogP contribution in [0.15, 0.2) is 36.7 Å². The van der Waals surface area contributed by atoms with Crippen LogP contribution in [0.25, 0.3) is 0 Å². The second kappa shape index (κ2) is 5.89. The number of aromatic nitrogens is 2. The van der Waals surface area contributed by atoms with Gasteiger partial charge in [0, 0.05) is 24.8 Å². The molecule has 0 aliphatic rings. The van der Waals surface area contributed by atoms with Crippen LogP contribution >= 0.6 is 0 Å². The quantitative estimate of drug-likeness (QED) is 0.898. The number of aryl methyl sites for hydroxylation is 2. The Bertz CT molecular complexity index is 536. The Hall–Kier alpha value is -1.81. The van der Waals surface area contributed by atoms with E-state index in [1.165, 1.54) is 5.56 Å². The average Bonchev–Trinajstić information content (AvgIpc) is 2.81. The summed E-state index contributed by atoms with van der Waals surface area (Å²) in [5.74, 6) is 0.845.